The molecule has 0 aromatic heterocycles. The van der Waals surface area contributed by atoms with E-state index in [1.54, 1.807) is 0 Å². The maximum Gasteiger partial charge on any atom is 0.240 e. The van der Waals surface area contributed by atoms with Gasteiger partial charge in [0.25, 0.3) is 0 Å². The SMILES string of the molecule is O=S(=O)(NCC1(C2CC2)CC1)c1ccc(F)c(CO)c1. The molecule has 0 bridgehead atoms. The Morgan fingerprint density at radius 3 is 2.60 bits per heavy atom. The molecule has 0 unspecified atom stereocenters. The first-order chi connectivity index (χ1) is 9.47. The summed E-state index contributed by atoms with van der Waals surface area (Å²) in [4.78, 5) is 0.00884. The smallest absolute Gasteiger partial charge is 0.240 e. The Kier molecular flexibility index (Phi) is 3.35. The van der Waals surface area contributed by atoms with E-state index in [9.17, 15) is 12.8 Å². The molecule has 0 aliphatic heterocycles. The van der Waals surface area contributed by atoms with E-state index >= 15 is 0 Å². The second kappa shape index (κ2) is 4.79. The molecule has 2 fully saturated rings. The minimum Gasteiger partial charge on any atom is -0.392 e. The zero-order valence-corrected chi connectivity index (χ0v) is 11.9. The average molecular weight is 299 g/mol. The summed E-state index contributed by atoms with van der Waals surface area (Å²) in [5.74, 6) is 0.0783. The maximum absolute atomic E-state index is 13.3. The van der Waals surface area contributed by atoms with Gasteiger partial charge in [-0.15, -0.1) is 0 Å². The summed E-state index contributed by atoms with van der Waals surface area (Å²) in [6, 6.07) is 3.50. The normalized spacial score (nSPS) is 20.9. The van der Waals surface area contributed by atoms with Gasteiger partial charge in [0.05, 0.1) is 11.5 Å². The van der Waals surface area contributed by atoms with Crippen LogP contribution in [0.2, 0.25) is 0 Å². The number of benzene rings is 1. The minimum atomic E-state index is -3.64. The van der Waals surface area contributed by atoms with Crippen LogP contribution in [0, 0.1) is 17.2 Å². The summed E-state index contributed by atoms with van der Waals surface area (Å²) in [5.41, 5.74) is 0.170. The minimum absolute atomic E-state index is 0.00352. The van der Waals surface area contributed by atoms with Crippen LogP contribution in [0.1, 0.15) is 31.2 Å². The highest BCUT2D eigenvalue weighted by molar-refractivity contribution is 7.89. The molecule has 20 heavy (non-hydrogen) atoms. The third-order valence-electron chi connectivity index (χ3n) is 4.45. The molecular formula is C14H18FNO3S. The van der Waals surface area contributed by atoms with Crippen molar-refractivity contribution in [2.45, 2.75) is 37.2 Å². The molecule has 0 spiro atoms. The average Bonchev–Trinajstić information content (AvgIpc) is 3.28. The van der Waals surface area contributed by atoms with E-state index < -0.39 is 22.4 Å². The van der Waals surface area contributed by atoms with Gasteiger partial charge in [-0.1, -0.05) is 0 Å². The number of sulfonamides is 1. The Hall–Kier alpha value is -0.980. The van der Waals surface area contributed by atoms with Crippen LogP contribution in [0.5, 0.6) is 0 Å². The summed E-state index contributed by atoms with van der Waals surface area (Å²) in [6.45, 7) is -0.0486. The van der Waals surface area contributed by atoms with Crippen LogP contribution in [0.15, 0.2) is 23.1 Å². The van der Waals surface area contributed by atoms with E-state index in [4.69, 9.17) is 5.11 Å². The number of hydrogen-bond donors (Lipinski definition) is 2. The van der Waals surface area contributed by atoms with Crippen molar-refractivity contribution < 1.29 is 17.9 Å². The summed E-state index contributed by atoms with van der Waals surface area (Å²) in [5, 5.41) is 9.00. The van der Waals surface area contributed by atoms with Crippen molar-refractivity contribution in [3.8, 4) is 0 Å². The van der Waals surface area contributed by atoms with Crippen LogP contribution in [-0.4, -0.2) is 20.1 Å². The number of hydrogen-bond acceptors (Lipinski definition) is 3. The van der Waals surface area contributed by atoms with Gasteiger partial charge in [-0.05, 0) is 55.2 Å². The van der Waals surface area contributed by atoms with E-state index in [2.05, 4.69) is 4.72 Å². The maximum atomic E-state index is 13.3. The standard InChI is InChI=1S/C14H18FNO3S/c15-13-4-3-12(7-10(13)8-17)20(18,19)16-9-14(5-6-14)11-1-2-11/h3-4,7,11,16-17H,1-2,5-6,8-9H2. The second-order valence-electron chi connectivity index (χ2n) is 5.87. The summed E-state index contributed by atoms with van der Waals surface area (Å²) >= 11 is 0. The van der Waals surface area contributed by atoms with Crippen molar-refractivity contribution in [1.82, 2.24) is 4.72 Å². The lowest BCUT2D eigenvalue weighted by atomic mass is 10.0. The van der Waals surface area contributed by atoms with Gasteiger partial charge in [-0.3, -0.25) is 0 Å². The lowest BCUT2D eigenvalue weighted by Crippen LogP contribution is -2.31. The third kappa shape index (κ3) is 2.60. The molecule has 3 rings (SSSR count). The van der Waals surface area contributed by atoms with Gasteiger partial charge >= 0.3 is 0 Å². The van der Waals surface area contributed by atoms with Gasteiger partial charge in [0.2, 0.25) is 10.0 Å². The number of aliphatic hydroxyl groups excluding tert-OH is 1. The number of nitrogens with one attached hydrogen (secondary N) is 1. The first-order valence-corrected chi connectivity index (χ1v) is 8.34. The quantitative estimate of drug-likeness (QED) is 0.841. The van der Waals surface area contributed by atoms with Crippen molar-refractivity contribution >= 4 is 10.0 Å². The zero-order valence-electron chi connectivity index (χ0n) is 11.1. The van der Waals surface area contributed by atoms with Crippen LogP contribution >= 0.6 is 0 Å². The molecule has 2 aliphatic rings. The molecule has 0 heterocycles. The molecular weight excluding hydrogens is 281 g/mol. The van der Waals surface area contributed by atoms with Crippen LogP contribution < -0.4 is 4.72 Å². The van der Waals surface area contributed by atoms with Crippen LogP contribution in [0.3, 0.4) is 0 Å². The zero-order chi connectivity index (χ0) is 14.4. The predicted octanol–water partition coefficient (Wildman–Crippen LogP) is 1.79. The van der Waals surface area contributed by atoms with Crippen molar-refractivity contribution in [1.29, 1.82) is 0 Å². The third-order valence-corrected chi connectivity index (χ3v) is 5.85. The molecule has 110 valence electrons. The van der Waals surface area contributed by atoms with Crippen molar-refractivity contribution in [2.24, 2.45) is 11.3 Å². The first-order valence-electron chi connectivity index (χ1n) is 6.86. The Morgan fingerprint density at radius 1 is 1.35 bits per heavy atom. The lowest BCUT2D eigenvalue weighted by molar-refractivity contribution is 0.275. The van der Waals surface area contributed by atoms with Crippen molar-refractivity contribution in [3.63, 3.8) is 0 Å². The fourth-order valence-corrected chi connectivity index (χ4v) is 3.94. The van der Waals surface area contributed by atoms with E-state index in [1.807, 2.05) is 0 Å². The molecule has 4 nitrogen and oxygen atoms in total. The van der Waals surface area contributed by atoms with E-state index in [0.717, 1.165) is 18.9 Å². The Morgan fingerprint density at radius 2 is 2.05 bits per heavy atom. The molecule has 0 amide bonds. The summed E-state index contributed by atoms with van der Waals surface area (Å²) in [6.07, 6.45) is 4.58. The molecule has 2 aliphatic carbocycles. The molecule has 6 heteroatoms. The fourth-order valence-electron chi connectivity index (χ4n) is 2.75. The summed E-state index contributed by atoms with van der Waals surface area (Å²) in [7, 11) is -3.64. The van der Waals surface area contributed by atoms with Crippen LogP contribution in [-0.2, 0) is 16.6 Å². The molecule has 0 atom stereocenters. The molecule has 1 aromatic carbocycles. The number of halogens is 1. The monoisotopic (exact) mass is 299 g/mol. The van der Waals surface area contributed by atoms with Gasteiger partial charge in [-0.25, -0.2) is 17.5 Å². The van der Waals surface area contributed by atoms with Gasteiger partial charge in [-0.2, -0.15) is 0 Å². The molecule has 0 saturated heterocycles. The number of rotatable bonds is 6. The Bertz CT molecular complexity index is 621. The van der Waals surface area contributed by atoms with E-state index in [1.165, 1.54) is 25.0 Å². The Labute approximate surface area is 118 Å². The predicted molar refractivity (Wildman–Crippen MR) is 71.9 cm³/mol. The molecule has 0 radical (unpaired) electrons. The lowest BCUT2D eigenvalue weighted by Gasteiger charge is -2.15. The van der Waals surface area contributed by atoms with Gasteiger partial charge < -0.3 is 5.11 Å². The first kappa shape index (κ1) is 14.0. The van der Waals surface area contributed by atoms with E-state index in [0.29, 0.717) is 12.5 Å². The topological polar surface area (TPSA) is 66.4 Å². The van der Waals surface area contributed by atoms with Crippen LogP contribution in [0.4, 0.5) is 4.39 Å². The van der Waals surface area contributed by atoms with Crippen molar-refractivity contribution in [3.05, 3.63) is 29.6 Å². The second-order valence-corrected chi connectivity index (χ2v) is 7.64. The molecule has 2 N–H and O–H groups in total. The van der Waals surface area contributed by atoms with Gasteiger partial charge in [0.15, 0.2) is 0 Å². The van der Waals surface area contributed by atoms with E-state index in [-0.39, 0.29) is 15.9 Å². The van der Waals surface area contributed by atoms with Gasteiger partial charge in [0.1, 0.15) is 5.82 Å². The highest BCUT2D eigenvalue weighted by Gasteiger charge is 2.53. The highest BCUT2D eigenvalue weighted by Crippen LogP contribution is 2.60. The van der Waals surface area contributed by atoms with Gasteiger partial charge in [0, 0.05) is 12.1 Å². The fraction of sp³-hybridized carbons (Fsp3) is 0.571. The van der Waals surface area contributed by atoms with Crippen LogP contribution in [0.25, 0.3) is 0 Å². The number of aliphatic hydroxyl groups is 1. The molecule has 1 aromatic rings. The summed E-state index contributed by atoms with van der Waals surface area (Å²) < 4.78 is 40.3. The Balaban J connectivity index is 1.74. The largest absolute Gasteiger partial charge is 0.392 e. The molecule has 2 saturated carbocycles. The highest BCUT2D eigenvalue weighted by atomic mass is 32.2. The van der Waals surface area contributed by atoms with Crippen molar-refractivity contribution in [2.75, 3.05) is 6.54 Å².